The topological polar surface area (TPSA) is 42.2 Å². The van der Waals surface area contributed by atoms with E-state index in [0.717, 1.165) is 10.9 Å². The molecule has 0 amide bonds. The van der Waals surface area contributed by atoms with Crippen LogP contribution in [0.25, 0.3) is 10.9 Å². The van der Waals surface area contributed by atoms with Crippen LogP contribution in [0, 0.1) is 5.92 Å². The van der Waals surface area contributed by atoms with Gasteiger partial charge < -0.3 is 9.67 Å². The number of carboxylic acids is 1. The van der Waals surface area contributed by atoms with Crippen LogP contribution in [-0.4, -0.2) is 15.6 Å². The predicted octanol–water partition coefficient (Wildman–Crippen LogP) is 4.23. The Kier molecular flexibility index (Phi) is 3.55. The lowest BCUT2D eigenvalue weighted by Crippen LogP contribution is -2.21. The zero-order valence-electron chi connectivity index (χ0n) is 10.0. The van der Waals surface area contributed by atoms with Gasteiger partial charge >= 0.3 is 5.97 Å². The van der Waals surface area contributed by atoms with E-state index >= 15 is 0 Å². The number of carboxylic acid groups (broad SMARTS) is 1. The van der Waals surface area contributed by atoms with Crippen molar-refractivity contribution >= 4 is 40.1 Å². The standard InChI is InChI=1S/C13H13Cl2NO2/c1-7(13(17)18)8(2)16-4-3-10-11(15)5-9(14)6-12(10)16/h3-8H,1-2H3,(H,17,18). The van der Waals surface area contributed by atoms with Crippen molar-refractivity contribution in [2.45, 2.75) is 19.9 Å². The van der Waals surface area contributed by atoms with Crippen molar-refractivity contribution in [3.8, 4) is 0 Å². The first-order chi connectivity index (χ1) is 8.41. The van der Waals surface area contributed by atoms with E-state index in [0.29, 0.717) is 10.0 Å². The Hall–Kier alpha value is -1.19. The Balaban J connectivity index is 2.55. The summed E-state index contributed by atoms with van der Waals surface area (Å²) in [5.74, 6) is -1.31. The van der Waals surface area contributed by atoms with Crippen LogP contribution in [-0.2, 0) is 4.79 Å². The molecule has 0 aliphatic heterocycles. The van der Waals surface area contributed by atoms with Crippen LogP contribution in [0.1, 0.15) is 19.9 Å². The maximum absolute atomic E-state index is 11.0. The van der Waals surface area contributed by atoms with Crippen molar-refractivity contribution in [3.05, 3.63) is 34.4 Å². The molecular weight excluding hydrogens is 273 g/mol. The van der Waals surface area contributed by atoms with Crippen LogP contribution >= 0.6 is 23.2 Å². The summed E-state index contributed by atoms with van der Waals surface area (Å²) in [5.41, 5.74) is 0.855. The number of hydrogen-bond acceptors (Lipinski definition) is 1. The molecule has 96 valence electrons. The first kappa shape index (κ1) is 13.2. The molecular formula is C13H13Cl2NO2. The number of nitrogens with zero attached hydrogens (tertiary/aromatic N) is 1. The minimum absolute atomic E-state index is 0.172. The average Bonchev–Trinajstić information content (AvgIpc) is 2.70. The van der Waals surface area contributed by atoms with E-state index in [9.17, 15) is 4.79 Å². The molecule has 3 nitrogen and oxygen atoms in total. The summed E-state index contributed by atoms with van der Waals surface area (Å²) < 4.78 is 1.89. The fourth-order valence-corrected chi connectivity index (χ4v) is 2.53. The molecule has 0 saturated heterocycles. The molecule has 0 aliphatic carbocycles. The van der Waals surface area contributed by atoms with Gasteiger partial charge in [0.2, 0.25) is 0 Å². The lowest BCUT2D eigenvalue weighted by molar-refractivity contribution is -0.142. The van der Waals surface area contributed by atoms with Gasteiger partial charge in [-0.3, -0.25) is 4.79 Å². The van der Waals surface area contributed by atoms with E-state index < -0.39 is 11.9 Å². The first-order valence-corrected chi connectivity index (χ1v) is 6.36. The van der Waals surface area contributed by atoms with E-state index in [1.165, 1.54) is 0 Å². The molecule has 2 rings (SSSR count). The number of fused-ring (bicyclic) bond motifs is 1. The average molecular weight is 286 g/mol. The molecule has 1 aromatic carbocycles. The molecule has 0 aliphatic rings. The largest absolute Gasteiger partial charge is 0.481 e. The summed E-state index contributed by atoms with van der Waals surface area (Å²) in [6.07, 6.45) is 1.84. The van der Waals surface area contributed by atoms with Gasteiger partial charge in [-0.2, -0.15) is 0 Å². The highest BCUT2D eigenvalue weighted by atomic mass is 35.5. The molecule has 1 aromatic heterocycles. The Bertz CT molecular complexity index is 606. The summed E-state index contributed by atoms with van der Waals surface area (Å²) in [4.78, 5) is 11.0. The summed E-state index contributed by atoms with van der Waals surface area (Å²) in [6, 6.07) is 5.18. The molecule has 2 aromatic rings. The number of aliphatic carboxylic acids is 1. The van der Waals surface area contributed by atoms with Crippen LogP contribution < -0.4 is 0 Å². The highest BCUT2D eigenvalue weighted by Crippen LogP contribution is 2.32. The Labute approximate surface area is 115 Å². The number of rotatable bonds is 3. The van der Waals surface area contributed by atoms with Gasteiger partial charge in [0.15, 0.2) is 0 Å². The Morgan fingerprint density at radius 3 is 2.61 bits per heavy atom. The van der Waals surface area contributed by atoms with Gasteiger partial charge in [0.1, 0.15) is 0 Å². The van der Waals surface area contributed by atoms with E-state index in [4.69, 9.17) is 28.3 Å². The molecule has 5 heteroatoms. The van der Waals surface area contributed by atoms with Gasteiger partial charge in [-0.15, -0.1) is 0 Å². The minimum Gasteiger partial charge on any atom is -0.481 e. The zero-order valence-corrected chi connectivity index (χ0v) is 11.5. The molecule has 0 radical (unpaired) electrons. The molecule has 0 saturated carbocycles. The monoisotopic (exact) mass is 285 g/mol. The van der Waals surface area contributed by atoms with Crippen LogP contribution in [0.4, 0.5) is 0 Å². The fraction of sp³-hybridized carbons (Fsp3) is 0.308. The van der Waals surface area contributed by atoms with Gasteiger partial charge in [0, 0.05) is 22.6 Å². The van der Waals surface area contributed by atoms with Crippen LogP contribution in [0.5, 0.6) is 0 Å². The van der Waals surface area contributed by atoms with E-state index in [-0.39, 0.29) is 6.04 Å². The number of halogens is 2. The summed E-state index contributed by atoms with van der Waals surface area (Å²) in [7, 11) is 0. The number of benzene rings is 1. The predicted molar refractivity (Wildman–Crippen MR) is 73.5 cm³/mol. The lowest BCUT2D eigenvalue weighted by atomic mass is 10.0. The van der Waals surface area contributed by atoms with Crippen LogP contribution in [0.3, 0.4) is 0 Å². The Morgan fingerprint density at radius 2 is 2.00 bits per heavy atom. The molecule has 2 atom stereocenters. The second kappa shape index (κ2) is 4.82. The second-order valence-electron chi connectivity index (χ2n) is 4.41. The summed E-state index contributed by atoms with van der Waals surface area (Å²) in [5, 5.41) is 11.1. The third kappa shape index (κ3) is 2.20. The normalized spacial score (nSPS) is 14.7. The molecule has 0 fully saturated rings. The van der Waals surface area contributed by atoms with Gasteiger partial charge in [-0.05, 0) is 32.0 Å². The number of aromatic nitrogens is 1. The zero-order chi connectivity index (χ0) is 13.4. The van der Waals surface area contributed by atoms with Crippen molar-refractivity contribution in [3.63, 3.8) is 0 Å². The fourth-order valence-electron chi connectivity index (χ4n) is 1.99. The molecule has 0 bridgehead atoms. The molecule has 1 N–H and O–H groups in total. The quantitative estimate of drug-likeness (QED) is 0.917. The Morgan fingerprint density at radius 1 is 1.33 bits per heavy atom. The maximum Gasteiger partial charge on any atom is 0.308 e. The smallest absolute Gasteiger partial charge is 0.308 e. The highest BCUT2D eigenvalue weighted by molar-refractivity contribution is 6.38. The van der Waals surface area contributed by atoms with Crippen LogP contribution in [0.15, 0.2) is 24.4 Å². The SMILES string of the molecule is CC(C(=O)O)C(C)n1ccc2c(Cl)cc(Cl)cc21. The molecule has 2 unspecified atom stereocenters. The third-order valence-electron chi connectivity index (χ3n) is 3.30. The summed E-state index contributed by atoms with van der Waals surface area (Å²) in [6.45, 7) is 3.55. The van der Waals surface area contributed by atoms with Gasteiger partial charge in [-0.1, -0.05) is 23.2 Å². The van der Waals surface area contributed by atoms with Crippen LogP contribution in [0.2, 0.25) is 10.0 Å². The number of hydrogen-bond donors (Lipinski definition) is 1. The van der Waals surface area contributed by atoms with Crippen molar-refractivity contribution in [2.24, 2.45) is 5.92 Å². The first-order valence-electron chi connectivity index (χ1n) is 5.60. The van der Waals surface area contributed by atoms with E-state index in [1.54, 1.807) is 19.1 Å². The second-order valence-corrected chi connectivity index (χ2v) is 5.25. The van der Waals surface area contributed by atoms with Gasteiger partial charge in [0.05, 0.1) is 16.5 Å². The van der Waals surface area contributed by atoms with Crippen molar-refractivity contribution in [1.29, 1.82) is 0 Å². The van der Waals surface area contributed by atoms with Gasteiger partial charge in [0.25, 0.3) is 0 Å². The molecule has 0 spiro atoms. The van der Waals surface area contributed by atoms with Crippen molar-refractivity contribution in [2.75, 3.05) is 0 Å². The van der Waals surface area contributed by atoms with Crippen molar-refractivity contribution < 1.29 is 9.90 Å². The van der Waals surface area contributed by atoms with E-state index in [1.807, 2.05) is 23.8 Å². The van der Waals surface area contributed by atoms with E-state index in [2.05, 4.69) is 0 Å². The third-order valence-corrected chi connectivity index (χ3v) is 3.84. The minimum atomic E-state index is -0.822. The lowest BCUT2D eigenvalue weighted by Gasteiger charge is -2.19. The number of carbonyl (C=O) groups is 1. The summed E-state index contributed by atoms with van der Waals surface area (Å²) >= 11 is 12.1. The molecule has 18 heavy (non-hydrogen) atoms. The van der Waals surface area contributed by atoms with Crippen molar-refractivity contribution in [1.82, 2.24) is 4.57 Å². The van der Waals surface area contributed by atoms with Gasteiger partial charge in [-0.25, -0.2) is 0 Å². The highest BCUT2D eigenvalue weighted by Gasteiger charge is 2.22. The maximum atomic E-state index is 11.0. The molecule has 1 heterocycles.